The summed E-state index contributed by atoms with van der Waals surface area (Å²) in [7, 11) is -4.87. The average molecular weight is 318 g/mol. The van der Waals surface area contributed by atoms with Gasteiger partial charge in [0.05, 0.1) is 12.2 Å². The second-order valence-electron chi connectivity index (χ2n) is 7.40. The first kappa shape index (κ1) is 16.7. The van der Waals surface area contributed by atoms with E-state index in [0.29, 0.717) is 0 Å². The Kier molecular flexibility index (Phi) is 5.93. The molecule has 2 saturated carbocycles. The summed E-state index contributed by atoms with van der Waals surface area (Å²) >= 11 is 0. The maximum atomic E-state index is 13.4. The summed E-state index contributed by atoms with van der Waals surface area (Å²) in [6.07, 6.45) is 12.0. The third kappa shape index (κ3) is 4.43. The molecule has 0 aromatic carbocycles. The maximum absolute atomic E-state index is 13.4. The molecule has 0 spiro atoms. The monoisotopic (exact) mass is 318 g/mol. The average Bonchev–Trinajstić information content (AvgIpc) is 2.39. The van der Waals surface area contributed by atoms with Crippen molar-refractivity contribution in [2.24, 2.45) is 0 Å². The van der Waals surface area contributed by atoms with Crippen LogP contribution >= 0.6 is 7.14 Å². The van der Waals surface area contributed by atoms with Crippen molar-refractivity contribution in [3.63, 3.8) is 0 Å². The molecule has 2 aliphatic carbocycles. The minimum absolute atomic E-state index is 0.171. The van der Waals surface area contributed by atoms with Gasteiger partial charge in [-0.2, -0.15) is 0 Å². The Balaban J connectivity index is 2.02. The lowest BCUT2D eigenvalue weighted by atomic mass is 9.98. The molecule has 0 radical (unpaired) electrons. The van der Waals surface area contributed by atoms with Gasteiger partial charge in [-0.1, -0.05) is 58.2 Å². The quantitative estimate of drug-likeness (QED) is 0.481. The molecule has 0 aromatic heterocycles. The molecule has 20 heavy (non-hydrogen) atoms. The topological polar surface area (TPSA) is 35.5 Å². The minimum Gasteiger partial charge on any atom is -0.310 e. The van der Waals surface area contributed by atoms with E-state index in [-0.39, 0.29) is 12.2 Å². The molecular formula is C15H31O3PSi. The Morgan fingerprint density at radius 2 is 1.10 bits per heavy atom. The van der Waals surface area contributed by atoms with Crippen molar-refractivity contribution < 1.29 is 13.6 Å². The first-order chi connectivity index (χ1) is 9.41. The Hall–Kier alpha value is 0.367. The van der Waals surface area contributed by atoms with Gasteiger partial charge in [-0.3, -0.25) is 4.57 Å². The second-order valence-corrected chi connectivity index (χ2v) is 18.8. The number of hydrogen-bond donors (Lipinski definition) is 0. The van der Waals surface area contributed by atoms with Crippen molar-refractivity contribution in [2.75, 3.05) is 0 Å². The largest absolute Gasteiger partial charge is 0.310 e. The van der Waals surface area contributed by atoms with Gasteiger partial charge < -0.3 is 9.05 Å². The highest BCUT2D eigenvalue weighted by molar-refractivity contribution is 7.92. The summed E-state index contributed by atoms with van der Waals surface area (Å²) in [6, 6.07) is 0. The summed E-state index contributed by atoms with van der Waals surface area (Å²) < 4.78 is 25.7. The second kappa shape index (κ2) is 7.08. The predicted molar refractivity (Wildman–Crippen MR) is 86.9 cm³/mol. The Labute approximate surface area is 125 Å². The molecule has 2 rings (SSSR count). The summed E-state index contributed by atoms with van der Waals surface area (Å²) in [4.78, 5) is 0. The van der Waals surface area contributed by atoms with Gasteiger partial charge in [0.2, 0.25) is 0 Å². The van der Waals surface area contributed by atoms with Crippen LogP contribution in [0, 0.1) is 0 Å². The zero-order chi connectivity index (χ0) is 14.6. The van der Waals surface area contributed by atoms with Gasteiger partial charge in [-0.15, -0.1) is 0 Å². The SMILES string of the molecule is C[Si](C)(C)P(=O)(OC1CCCCC1)OC1CCCCC1. The minimum atomic E-state index is -2.90. The summed E-state index contributed by atoms with van der Waals surface area (Å²) in [6.45, 7) is 6.37. The molecule has 118 valence electrons. The predicted octanol–water partition coefficient (Wildman–Crippen LogP) is 5.71. The number of hydrogen-bond acceptors (Lipinski definition) is 3. The third-order valence-electron chi connectivity index (χ3n) is 4.50. The van der Waals surface area contributed by atoms with E-state index in [1.807, 2.05) is 0 Å². The highest BCUT2D eigenvalue weighted by Crippen LogP contribution is 2.60. The molecule has 2 fully saturated rings. The van der Waals surface area contributed by atoms with Crippen LogP contribution in [-0.2, 0) is 13.6 Å². The molecular weight excluding hydrogens is 287 g/mol. The van der Waals surface area contributed by atoms with Gasteiger partial charge in [0.1, 0.15) is 0 Å². The smallest absolute Gasteiger partial charge is 0.297 e. The van der Waals surface area contributed by atoms with E-state index >= 15 is 0 Å². The van der Waals surface area contributed by atoms with Crippen molar-refractivity contribution >= 4 is 14.9 Å². The van der Waals surface area contributed by atoms with E-state index in [9.17, 15) is 4.57 Å². The van der Waals surface area contributed by atoms with Crippen LogP contribution in [0.3, 0.4) is 0 Å². The molecule has 5 heteroatoms. The Bertz CT molecular complexity index is 318. The van der Waals surface area contributed by atoms with Crippen LogP contribution in [0.25, 0.3) is 0 Å². The van der Waals surface area contributed by atoms with Gasteiger partial charge in [-0.25, -0.2) is 0 Å². The first-order valence-corrected chi connectivity index (χ1v) is 14.3. The molecule has 3 nitrogen and oxygen atoms in total. The molecule has 2 aliphatic rings. The van der Waals surface area contributed by atoms with E-state index in [1.54, 1.807) is 0 Å². The van der Waals surface area contributed by atoms with Crippen LogP contribution in [0.5, 0.6) is 0 Å². The molecule has 0 unspecified atom stereocenters. The zero-order valence-corrected chi connectivity index (χ0v) is 15.3. The molecule has 0 bridgehead atoms. The fourth-order valence-corrected chi connectivity index (χ4v) is 7.76. The lowest BCUT2D eigenvalue weighted by Gasteiger charge is -2.36. The Morgan fingerprint density at radius 3 is 1.40 bits per heavy atom. The van der Waals surface area contributed by atoms with Crippen LogP contribution in [0.4, 0.5) is 0 Å². The molecule has 0 atom stereocenters. The summed E-state index contributed by atoms with van der Waals surface area (Å²) in [5.74, 6) is 0. The van der Waals surface area contributed by atoms with E-state index in [2.05, 4.69) is 19.6 Å². The number of rotatable bonds is 5. The van der Waals surface area contributed by atoms with Gasteiger partial charge in [0.25, 0.3) is 7.14 Å². The van der Waals surface area contributed by atoms with Crippen molar-refractivity contribution in [3.05, 3.63) is 0 Å². The standard InChI is InChI=1S/C15H31O3PSi/c1-20(2,3)19(16,17-14-10-6-4-7-11-14)18-15-12-8-5-9-13-15/h14-15H,4-13H2,1-3H3. The van der Waals surface area contributed by atoms with E-state index in [1.165, 1.54) is 38.5 Å². The lowest BCUT2D eigenvalue weighted by molar-refractivity contribution is 0.0864. The van der Waals surface area contributed by atoms with Crippen molar-refractivity contribution in [1.82, 2.24) is 0 Å². The first-order valence-electron chi connectivity index (χ1n) is 8.38. The molecule has 0 aromatic rings. The highest BCUT2D eigenvalue weighted by atomic mass is 31.4. The lowest BCUT2D eigenvalue weighted by Crippen LogP contribution is -2.31. The Morgan fingerprint density at radius 1 is 0.750 bits per heavy atom. The fraction of sp³-hybridized carbons (Fsp3) is 1.00. The van der Waals surface area contributed by atoms with Crippen LogP contribution in [0.1, 0.15) is 64.2 Å². The molecule has 0 N–H and O–H groups in total. The van der Waals surface area contributed by atoms with Crippen LogP contribution in [0.2, 0.25) is 19.6 Å². The van der Waals surface area contributed by atoms with Crippen LogP contribution in [-0.4, -0.2) is 19.9 Å². The van der Waals surface area contributed by atoms with E-state index in [4.69, 9.17) is 9.05 Å². The fourth-order valence-electron chi connectivity index (χ4n) is 3.07. The summed E-state index contributed by atoms with van der Waals surface area (Å²) in [5.41, 5.74) is 0. The van der Waals surface area contributed by atoms with Gasteiger partial charge in [-0.05, 0) is 25.7 Å². The van der Waals surface area contributed by atoms with Gasteiger partial charge in [0.15, 0.2) is 7.74 Å². The molecule has 0 heterocycles. The van der Waals surface area contributed by atoms with Crippen molar-refractivity contribution in [3.8, 4) is 0 Å². The van der Waals surface area contributed by atoms with Gasteiger partial charge in [0, 0.05) is 0 Å². The van der Waals surface area contributed by atoms with Crippen molar-refractivity contribution in [2.45, 2.75) is 96.1 Å². The van der Waals surface area contributed by atoms with E-state index in [0.717, 1.165) is 25.7 Å². The highest BCUT2D eigenvalue weighted by Gasteiger charge is 2.45. The molecule has 0 amide bonds. The van der Waals surface area contributed by atoms with Gasteiger partial charge >= 0.3 is 0 Å². The third-order valence-corrected chi connectivity index (χ3v) is 12.9. The maximum Gasteiger partial charge on any atom is 0.297 e. The van der Waals surface area contributed by atoms with E-state index < -0.39 is 14.9 Å². The zero-order valence-electron chi connectivity index (χ0n) is 13.4. The van der Waals surface area contributed by atoms with Crippen LogP contribution < -0.4 is 0 Å². The van der Waals surface area contributed by atoms with Crippen molar-refractivity contribution in [1.29, 1.82) is 0 Å². The normalized spacial score (nSPS) is 23.9. The summed E-state index contributed by atoms with van der Waals surface area (Å²) in [5, 5.41) is 0. The van der Waals surface area contributed by atoms with Crippen LogP contribution in [0.15, 0.2) is 0 Å². The molecule has 0 saturated heterocycles. The molecule has 0 aliphatic heterocycles.